The Balaban J connectivity index is 1.81. The number of halogens is 1. The number of ether oxygens (including phenoxy) is 1. The van der Waals surface area contributed by atoms with E-state index in [1.165, 1.54) is 4.90 Å². The lowest BCUT2D eigenvalue weighted by atomic mass is 10.2. The van der Waals surface area contributed by atoms with Crippen LogP contribution < -0.4 is 5.32 Å². The minimum absolute atomic E-state index is 0.0171. The van der Waals surface area contributed by atoms with Gasteiger partial charge in [0.2, 0.25) is 5.91 Å². The van der Waals surface area contributed by atoms with E-state index in [-0.39, 0.29) is 12.5 Å². The first-order chi connectivity index (χ1) is 9.16. The van der Waals surface area contributed by atoms with Crippen molar-refractivity contribution in [1.82, 2.24) is 10.2 Å². The third kappa shape index (κ3) is 3.86. The fourth-order valence-corrected chi connectivity index (χ4v) is 2.01. The van der Waals surface area contributed by atoms with Crippen LogP contribution in [0.15, 0.2) is 24.3 Å². The molecule has 102 valence electrons. The second kappa shape index (κ2) is 6.43. The van der Waals surface area contributed by atoms with Gasteiger partial charge in [0.25, 0.3) is 0 Å². The Kier molecular flexibility index (Phi) is 4.63. The molecule has 0 spiro atoms. The van der Waals surface area contributed by atoms with Crippen LogP contribution in [-0.4, -0.2) is 36.6 Å². The van der Waals surface area contributed by atoms with Gasteiger partial charge in [0.15, 0.2) is 0 Å². The normalized spacial score (nSPS) is 15.0. The number of amides is 2. The molecule has 19 heavy (non-hydrogen) atoms. The van der Waals surface area contributed by atoms with Crippen LogP contribution in [-0.2, 0) is 16.1 Å². The molecule has 1 aromatic carbocycles. The van der Waals surface area contributed by atoms with E-state index in [0.29, 0.717) is 24.7 Å². The highest BCUT2D eigenvalue weighted by Crippen LogP contribution is 2.14. The number of rotatable bonds is 4. The van der Waals surface area contributed by atoms with Gasteiger partial charge in [0.05, 0.1) is 6.61 Å². The van der Waals surface area contributed by atoms with E-state index in [4.69, 9.17) is 16.3 Å². The summed E-state index contributed by atoms with van der Waals surface area (Å²) in [7, 11) is 0. The van der Waals surface area contributed by atoms with Gasteiger partial charge in [0, 0.05) is 18.1 Å². The molecule has 0 radical (unpaired) electrons. The van der Waals surface area contributed by atoms with Gasteiger partial charge in [-0.25, -0.2) is 4.79 Å². The van der Waals surface area contributed by atoms with Crippen LogP contribution in [0, 0.1) is 0 Å². The highest BCUT2D eigenvalue weighted by molar-refractivity contribution is 6.31. The number of cyclic esters (lactones) is 1. The number of hydrogen-bond acceptors (Lipinski definition) is 3. The lowest BCUT2D eigenvalue weighted by molar-refractivity contribution is -0.122. The number of nitrogens with one attached hydrogen (secondary N) is 1. The molecule has 5 nitrogen and oxygen atoms in total. The first-order valence-electron chi connectivity index (χ1n) is 6.08. The summed E-state index contributed by atoms with van der Waals surface area (Å²) in [5, 5.41) is 3.35. The van der Waals surface area contributed by atoms with E-state index in [9.17, 15) is 9.59 Å². The lowest BCUT2D eigenvalue weighted by Crippen LogP contribution is -2.44. The predicted octanol–water partition coefficient (Wildman–Crippen LogP) is 1.80. The first-order valence-corrected chi connectivity index (χ1v) is 6.46. The Morgan fingerprint density at radius 1 is 1.42 bits per heavy atom. The quantitative estimate of drug-likeness (QED) is 0.916. The molecule has 0 bridgehead atoms. The largest absolute Gasteiger partial charge is 0.449 e. The van der Waals surface area contributed by atoms with Crippen LogP contribution in [0.4, 0.5) is 4.79 Å². The van der Waals surface area contributed by atoms with E-state index in [0.717, 1.165) is 12.0 Å². The second-order valence-electron chi connectivity index (χ2n) is 4.26. The van der Waals surface area contributed by atoms with Gasteiger partial charge < -0.3 is 10.1 Å². The van der Waals surface area contributed by atoms with Crippen LogP contribution in [0.2, 0.25) is 5.02 Å². The lowest BCUT2D eigenvalue weighted by Gasteiger charge is -2.25. The Bertz CT molecular complexity index is 479. The van der Waals surface area contributed by atoms with Crippen molar-refractivity contribution in [3.63, 3.8) is 0 Å². The summed E-state index contributed by atoms with van der Waals surface area (Å²) in [6.45, 7) is 1.35. The maximum Gasteiger partial charge on any atom is 0.410 e. The highest BCUT2D eigenvalue weighted by atomic mass is 35.5. The predicted molar refractivity (Wildman–Crippen MR) is 70.8 cm³/mol. The fourth-order valence-electron chi connectivity index (χ4n) is 1.81. The van der Waals surface area contributed by atoms with Crippen molar-refractivity contribution in [2.45, 2.75) is 13.0 Å². The van der Waals surface area contributed by atoms with Crippen LogP contribution in [0.3, 0.4) is 0 Å². The van der Waals surface area contributed by atoms with Crippen LogP contribution in [0.1, 0.15) is 12.0 Å². The van der Waals surface area contributed by atoms with Crippen molar-refractivity contribution in [3.8, 4) is 0 Å². The van der Waals surface area contributed by atoms with E-state index in [1.54, 1.807) is 6.07 Å². The average molecular weight is 283 g/mol. The molecule has 2 rings (SSSR count). The zero-order valence-corrected chi connectivity index (χ0v) is 11.2. The molecule has 1 fully saturated rings. The summed E-state index contributed by atoms with van der Waals surface area (Å²) in [5.41, 5.74) is 0.846. The Hall–Kier alpha value is -1.75. The summed E-state index contributed by atoms with van der Waals surface area (Å²) in [5.74, 6) is -0.223. The maximum absolute atomic E-state index is 11.7. The van der Waals surface area contributed by atoms with E-state index >= 15 is 0 Å². The molecule has 0 aliphatic carbocycles. The van der Waals surface area contributed by atoms with Gasteiger partial charge in [-0.15, -0.1) is 0 Å². The zero-order valence-electron chi connectivity index (χ0n) is 10.4. The van der Waals surface area contributed by atoms with Crippen molar-refractivity contribution < 1.29 is 14.3 Å². The van der Waals surface area contributed by atoms with Gasteiger partial charge in [-0.2, -0.15) is 0 Å². The SMILES string of the molecule is O=C(CN1CCCOC1=O)NCc1ccccc1Cl. The molecule has 0 atom stereocenters. The van der Waals surface area contributed by atoms with Gasteiger partial charge >= 0.3 is 6.09 Å². The molecule has 0 saturated carbocycles. The van der Waals surface area contributed by atoms with Crippen LogP contribution in [0.25, 0.3) is 0 Å². The number of hydrogen-bond donors (Lipinski definition) is 1. The van der Waals surface area contributed by atoms with Crippen molar-refractivity contribution in [1.29, 1.82) is 0 Å². The third-order valence-electron chi connectivity index (χ3n) is 2.82. The number of nitrogens with zero attached hydrogens (tertiary/aromatic N) is 1. The van der Waals surface area contributed by atoms with E-state index in [1.807, 2.05) is 18.2 Å². The van der Waals surface area contributed by atoms with E-state index < -0.39 is 6.09 Å². The topological polar surface area (TPSA) is 58.6 Å². The minimum atomic E-state index is -0.431. The third-order valence-corrected chi connectivity index (χ3v) is 3.19. The molecule has 1 heterocycles. The fraction of sp³-hybridized carbons (Fsp3) is 0.385. The molecule has 6 heteroatoms. The van der Waals surface area contributed by atoms with Gasteiger partial charge in [-0.1, -0.05) is 29.8 Å². The summed E-state index contributed by atoms with van der Waals surface area (Å²) in [6, 6.07) is 7.30. The summed E-state index contributed by atoms with van der Waals surface area (Å²) >= 11 is 5.99. The smallest absolute Gasteiger partial charge is 0.410 e. The minimum Gasteiger partial charge on any atom is -0.449 e. The Labute approximate surface area is 116 Å². The average Bonchev–Trinajstić information content (AvgIpc) is 2.40. The molecule has 1 aliphatic rings. The van der Waals surface area contributed by atoms with Gasteiger partial charge in [-0.3, -0.25) is 9.69 Å². The maximum atomic E-state index is 11.7. The second-order valence-corrected chi connectivity index (χ2v) is 4.66. The molecule has 1 aliphatic heterocycles. The first kappa shape index (κ1) is 13.7. The molecule has 1 aromatic rings. The number of carbonyl (C=O) groups is 2. The van der Waals surface area contributed by atoms with Crippen molar-refractivity contribution >= 4 is 23.6 Å². The molecule has 0 aromatic heterocycles. The number of carbonyl (C=O) groups excluding carboxylic acids is 2. The number of benzene rings is 1. The molecule has 1 saturated heterocycles. The molecule has 1 N–H and O–H groups in total. The Morgan fingerprint density at radius 3 is 2.95 bits per heavy atom. The molecular weight excluding hydrogens is 268 g/mol. The molecular formula is C13H15ClN2O3. The van der Waals surface area contributed by atoms with Crippen molar-refractivity contribution in [2.75, 3.05) is 19.7 Å². The summed E-state index contributed by atoms with van der Waals surface area (Å²) in [4.78, 5) is 24.5. The van der Waals surface area contributed by atoms with Gasteiger partial charge in [0.1, 0.15) is 6.54 Å². The summed E-state index contributed by atoms with van der Waals surface area (Å²) < 4.78 is 4.86. The van der Waals surface area contributed by atoms with Crippen molar-refractivity contribution in [3.05, 3.63) is 34.9 Å². The standard InChI is InChI=1S/C13H15ClN2O3/c14-11-5-2-1-4-10(11)8-15-12(17)9-16-6-3-7-19-13(16)18/h1-2,4-5H,3,6-9H2,(H,15,17). The van der Waals surface area contributed by atoms with Crippen LogP contribution in [0.5, 0.6) is 0 Å². The highest BCUT2D eigenvalue weighted by Gasteiger charge is 2.21. The van der Waals surface area contributed by atoms with Gasteiger partial charge in [-0.05, 0) is 18.1 Å². The molecule has 0 unspecified atom stereocenters. The monoisotopic (exact) mass is 282 g/mol. The van der Waals surface area contributed by atoms with Crippen LogP contribution >= 0.6 is 11.6 Å². The van der Waals surface area contributed by atoms with Crippen molar-refractivity contribution in [2.24, 2.45) is 0 Å². The Morgan fingerprint density at radius 2 is 2.21 bits per heavy atom. The summed E-state index contributed by atoms with van der Waals surface area (Å²) in [6.07, 6.45) is 0.322. The molecule has 2 amide bonds. The zero-order chi connectivity index (χ0) is 13.7. The van der Waals surface area contributed by atoms with E-state index in [2.05, 4.69) is 5.32 Å².